The van der Waals surface area contributed by atoms with Crippen LogP contribution in [-0.2, 0) is 23.1 Å². The van der Waals surface area contributed by atoms with Crippen LogP contribution in [0.15, 0.2) is 12.4 Å². The smallest absolute Gasteiger partial charge is 0.236 e. The highest BCUT2D eigenvalue weighted by Gasteiger charge is 2.25. The van der Waals surface area contributed by atoms with Gasteiger partial charge in [-0.15, -0.1) is 0 Å². The minimum atomic E-state index is 0.159. The van der Waals surface area contributed by atoms with Gasteiger partial charge in [0, 0.05) is 71.7 Å². The zero-order valence-corrected chi connectivity index (χ0v) is 14.7. The van der Waals surface area contributed by atoms with Gasteiger partial charge >= 0.3 is 0 Å². The van der Waals surface area contributed by atoms with E-state index in [1.807, 2.05) is 20.3 Å². The number of ether oxygens (including phenoxy) is 1. The first kappa shape index (κ1) is 17.9. The van der Waals surface area contributed by atoms with E-state index in [2.05, 4.69) is 21.8 Å². The molecule has 0 aromatic carbocycles. The largest absolute Gasteiger partial charge is 0.383 e. The summed E-state index contributed by atoms with van der Waals surface area (Å²) in [6.07, 6.45) is 3.75. The van der Waals surface area contributed by atoms with Crippen LogP contribution in [-0.4, -0.2) is 89.9 Å². The number of hydrogen-bond acceptors (Lipinski definition) is 5. The van der Waals surface area contributed by atoms with E-state index < -0.39 is 0 Å². The van der Waals surface area contributed by atoms with E-state index in [1.54, 1.807) is 22.9 Å². The van der Waals surface area contributed by atoms with E-state index >= 15 is 0 Å². The van der Waals surface area contributed by atoms with Crippen molar-refractivity contribution >= 4 is 5.91 Å². The minimum Gasteiger partial charge on any atom is -0.383 e. The van der Waals surface area contributed by atoms with Gasteiger partial charge in [0.2, 0.25) is 5.91 Å². The first-order valence-corrected chi connectivity index (χ1v) is 8.16. The molecule has 0 saturated carbocycles. The molecule has 1 aromatic heterocycles. The maximum absolute atomic E-state index is 12.4. The third kappa shape index (κ3) is 5.30. The van der Waals surface area contributed by atoms with Gasteiger partial charge in [0.1, 0.15) is 0 Å². The van der Waals surface area contributed by atoms with Crippen molar-refractivity contribution in [2.45, 2.75) is 19.5 Å². The molecule has 23 heavy (non-hydrogen) atoms. The summed E-state index contributed by atoms with van der Waals surface area (Å²) in [7, 11) is 5.47. The second kappa shape index (κ2) is 8.42. The van der Waals surface area contributed by atoms with Gasteiger partial charge in [-0.25, -0.2) is 0 Å². The van der Waals surface area contributed by atoms with Crippen LogP contribution in [0.25, 0.3) is 0 Å². The Hall–Kier alpha value is -1.44. The Balaban J connectivity index is 1.77. The number of aromatic nitrogens is 2. The van der Waals surface area contributed by atoms with Gasteiger partial charge in [-0.05, 0) is 6.92 Å². The summed E-state index contributed by atoms with van der Waals surface area (Å²) in [4.78, 5) is 18.8. The average molecular weight is 323 g/mol. The lowest BCUT2D eigenvalue weighted by atomic mass is 10.2. The number of rotatable bonds is 7. The van der Waals surface area contributed by atoms with Crippen molar-refractivity contribution in [2.75, 3.05) is 53.5 Å². The maximum Gasteiger partial charge on any atom is 0.236 e. The third-order valence-corrected chi connectivity index (χ3v) is 4.39. The molecule has 130 valence electrons. The molecule has 0 aliphatic carbocycles. The van der Waals surface area contributed by atoms with Crippen LogP contribution in [0.1, 0.15) is 12.5 Å². The van der Waals surface area contributed by atoms with Gasteiger partial charge in [-0.2, -0.15) is 5.10 Å². The van der Waals surface area contributed by atoms with Crippen LogP contribution in [0, 0.1) is 0 Å². The molecule has 0 spiro atoms. The molecule has 2 rings (SSSR count). The Kier molecular flexibility index (Phi) is 6.56. The lowest BCUT2D eigenvalue weighted by Crippen LogP contribution is -2.54. The van der Waals surface area contributed by atoms with Crippen LogP contribution in [0.5, 0.6) is 0 Å². The van der Waals surface area contributed by atoms with E-state index in [1.165, 1.54) is 0 Å². The Morgan fingerprint density at radius 3 is 2.87 bits per heavy atom. The minimum absolute atomic E-state index is 0.159. The number of nitrogens with zero attached hydrogens (tertiary/aromatic N) is 5. The molecule has 0 unspecified atom stereocenters. The molecule has 7 nitrogen and oxygen atoms in total. The number of likely N-dealkylation sites (N-methyl/N-ethyl adjacent to an activating group) is 1. The Bertz CT molecular complexity index is 504. The molecule has 0 radical (unpaired) electrons. The quantitative estimate of drug-likeness (QED) is 0.709. The first-order valence-electron chi connectivity index (χ1n) is 8.16. The first-order chi connectivity index (χ1) is 11.0. The number of piperazine rings is 1. The summed E-state index contributed by atoms with van der Waals surface area (Å²) < 4.78 is 6.91. The summed E-state index contributed by atoms with van der Waals surface area (Å²) in [6.45, 7) is 7.87. The molecule has 1 aliphatic heterocycles. The fourth-order valence-corrected chi connectivity index (χ4v) is 2.98. The molecular weight excluding hydrogens is 294 g/mol. The van der Waals surface area contributed by atoms with Gasteiger partial charge < -0.3 is 9.64 Å². The highest BCUT2D eigenvalue weighted by Crippen LogP contribution is 2.10. The predicted molar refractivity (Wildman–Crippen MR) is 89.0 cm³/mol. The lowest BCUT2D eigenvalue weighted by molar-refractivity contribution is -0.132. The number of amides is 1. The monoisotopic (exact) mass is 323 g/mol. The standard InChI is InChI=1S/C16H29N5O2/c1-14-10-20(5-6-21(14)7-8-23-4)13-16(22)18(2)11-15-9-17-19(3)12-15/h9,12,14H,5-8,10-11,13H2,1-4H3/t14-/m0/s1. The van der Waals surface area contributed by atoms with E-state index in [9.17, 15) is 4.79 Å². The molecular formula is C16H29N5O2. The van der Waals surface area contributed by atoms with E-state index in [0.717, 1.165) is 38.3 Å². The number of aryl methyl sites for hydroxylation is 1. The maximum atomic E-state index is 12.4. The van der Waals surface area contributed by atoms with Crippen LogP contribution in [0.3, 0.4) is 0 Å². The molecule has 7 heteroatoms. The van der Waals surface area contributed by atoms with Crippen LogP contribution >= 0.6 is 0 Å². The van der Waals surface area contributed by atoms with E-state index in [4.69, 9.17) is 4.74 Å². The van der Waals surface area contributed by atoms with Gasteiger partial charge in [0.05, 0.1) is 19.3 Å². The van der Waals surface area contributed by atoms with Crippen molar-refractivity contribution in [3.05, 3.63) is 18.0 Å². The lowest BCUT2D eigenvalue weighted by Gasteiger charge is -2.39. The summed E-state index contributed by atoms with van der Waals surface area (Å²) >= 11 is 0. The second-order valence-corrected chi connectivity index (χ2v) is 6.38. The van der Waals surface area contributed by atoms with Gasteiger partial charge in [-0.3, -0.25) is 19.3 Å². The highest BCUT2D eigenvalue weighted by molar-refractivity contribution is 5.78. The van der Waals surface area contributed by atoms with Gasteiger partial charge in [0.15, 0.2) is 0 Å². The molecule has 1 amide bonds. The number of carbonyl (C=O) groups excluding carboxylic acids is 1. The second-order valence-electron chi connectivity index (χ2n) is 6.38. The normalized spacial score (nSPS) is 19.9. The van der Waals surface area contributed by atoms with Crippen molar-refractivity contribution < 1.29 is 9.53 Å². The number of methoxy groups -OCH3 is 1. The Morgan fingerprint density at radius 2 is 2.26 bits per heavy atom. The molecule has 2 heterocycles. The van der Waals surface area contributed by atoms with Gasteiger partial charge in [0.25, 0.3) is 0 Å². The van der Waals surface area contributed by atoms with Crippen molar-refractivity contribution in [2.24, 2.45) is 7.05 Å². The molecule has 0 N–H and O–H groups in total. The molecule has 1 fully saturated rings. The van der Waals surface area contributed by atoms with Crippen LogP contribution in [0.2, 0.25) is 0 Å². The van der Waals surface area contributed by atoms with Crippen molar-refractivity contribution in [3.63, 3.8) is 0 Å². The van der Waals surface area contributed by atoms with Crippen molar-refractivity contribution in [1.82, 2.24) is 24.5 Å². The van der Waals surface area contributed by atoms with E-state index in [0.29, 0.717) is 19.1 Å². The fourth-order valence-electron chi connectivity index (χ4n) is 2.98. The molecule has 0 bridgehead atoms. The fraction of sp³-hybridized carbons (Fsp3) is 0.750. The molecule has 1 saturated heterocycles. The SMILES string of the molecule is COCCN1CCN(CC(=O)N(C)Cc2cnn(C)c2)C[C@@H]1C. The number of carbonyl (C=O) groups is 1. The molecule has 1 aromatic rings. The van der Waals surface area contributed by atoms with Gasteiger partial charge in [-0.1, -0.05) is 0 Å². The summed E-state index contributed by atoms with van der Waals surface area (Å²) in [5.74, 6) is 0.159. The summed E-state index contributed by atoms with van der Waals surface area (Å²) in [5.41, 5.74) is 1.06. The average Bonchev–Trinajstić information content (AvgIpc) is 2.91. The number of hydrogen-bond donors (Lipinski definition) is 0. The van der Waals surface area contributed by atoms with Crippen molar-refractivity contribution in [3.8, 4) is 0 Å². The summed E-state index contributed by atoms with van der Waals surface area (Å²) in [5, 5.41) is 4.14. The Labute approximate surface area is 138 Å². The zero-order valence-electron chi connectivity index (χ0n) is 14.7. The molecule has 1 aliphatic rings. The van der Waals surface area contributed by atoms with E-state index in [-0.39, 0.29) is 5.91 Å². The Morgan fingerprint density at radius 1 is 1.48 bits per heavy atom. The summed E-state index contributed by atoms with van der Waals surface area (Å²) in [6, 6.07) is 0.454. The van der Waals surface area contributed by atoms with Crippen molar-refractivity contribution in [1.29, 1.82) is 0 Å². The third-order valence-electron chi connectivity index (χ3n) is 4.39. The molecule has 1 atom stereocenters. The van der Waals surface area contributed by atoms with Crippen LogP contribution < -0.4 is 0 Å². The highest BCUT2D eigenvalue weighted by atomic mass is 16.5. The zero-order chi connectivity index (χ0) is 16.8. The predicted octanol–water partition coefficient (Wildman–Crippen LogP) is 0.0310. The topological polar surface area (TPSA) is 53.8 Å². The van der Waals surface area contributed by atoms with Crippen LogP contribution in [0.4, 0.5) is 0 Å².